The fourth-order valence-electron chi connectivity index (χ4n) is 2.15. The molecule has 4 heteroatoms. The lowest BCUT2D eigenvalue weighted by atomic mass is 10.1. The lowest BCUT2D eigenvalue weighted by molar-refractivity contribution is 0.0521. The van der Waals surface area contributed by atoms with E-state index >= 15 is 0 Å². The van der Waals surface area contributed by atoms with Gasteiger partial charge in [-0.15, -0.1) is 0 Å². The Labute approximate surface area is 134 Å². The van der Waals surface area contributed by atoms with Gasteiger partial charge in [0.2, 0.25) is 0 Å². The molecular weight excluding hydrogens is 276 g/mol. The van der Waals surface area contributed by atoms with Gasteiger partial charge in [-0.2, -0.15) is 0 Å². The van der Waals surface area contributed by atoms with Crippen molar-refractivity contribution in [2.75, 3.05) is 6.54 Å². The second kappa shape index (κ2) is 8.18. The van der Waals surface area contributed by atoms with Crippen LogP contribution in [0.4, 0.5) is 4.79 Å². The molecule has 0 bridgehead atoms. The van der Waals surface area contributed by atoms with Crippen molar-refractivity contribution >= 4 is 6.09 Å². The van der Waals surface area contributed by atoms with Crippen LogP contribution >= 0.6 is 0 Å². The van der Waals surface area contributed by atoms with Crippen molar-refractivity contribution in [2.45, 2.75) is 65.6 Å². The van der Waals surface area contributed by atoms with E-state index in [1.807, 2.05) is 20.8 Å². The smallest absolute Gasteiger partial charge is 0.407 e. The van der Waals surface area contributed by atoms with Crippen LogP contribution in [0.2, 0.25) is 0 Å². The number of amides is 1. The van der Waals surface area contributed by atoms with Gasteiger partial charge in [0.15, 0.2) is 0 Å². The monoisotopic (exact) mass is 306 g/mol. The Morgan fingerprint density at radius 2 is 1.82 bits per heavy atom. The number of rotatable bonds is 6. The van der Waals surface area contributed by atoms with Crippen LogP contribution in [0.15, 0.2) is 24.3 Å². The molecule has 4 nitrogen and oxygen atoms in total. The quantitative estimate of drug-likeness (QED) is 0.836. The van der Waals surface area contributed by atoms with Crippen molar-refractivity contribution in [1.29, 1.82) is 0 Å². The van der Waals surface area contributed by atoms with Gasteiger partial charge in [0.1, 0.15) is 5.60 Å². The number of hydrogen-bond donors (Lipinski definition) is 2. The number of benzene rings is 1. The van der Waals surface area contributed by atoms with Crippen LogP contribution in [-0.2, 0) is 4.74 Å². The normalized spacial score (nSPS) is 14.3. The highest BCUT2D eigenvalue weighted by atomic mass is 16.6. The predicted octanol–water partition coefficient (Wildman–Crippen LogP) is 3.95. The van der Waals surface area contributed by atoms with Gasteiger partial charge in [-0.1, -0.05) is 36.8 Å². The molecule has 1 aromatic rings. The van der Waals surface area contributed by atoms with Crippen molar-refractivity contribution in [1.82, 2.24) is 10.6 Å². The Bertz CT molecular complexity index is 463. The van der Waals surface area contributed by atoms with Crippen molar-refractivity contribution in [3.05, 3.63) is 35.4 Å². The molecule has 0 aromatic heterocycles. The van der Waals surface area contributed by atoms with E-state index in [1.165, 1.54) is 11.1 Å². The largest absolute Gasteiger partial charge is 0.444 e. The van der Waals surface area contributed by atoms with E-state index in [0.29, 0.717) is 6.54 Å². The number of ether oxygens (including phenoxy) is 1. The van der Waals surface area contributed by atoms with Gasteiger partial charge in [0.05, 0.1) is 0 Å². The summed E-state index contributed by atoms with van der Waals surface area (Å²) in [5.74, 6) is 0. The topological polar surface area (TPSA) is 50.4 Å². The second-order valence-corrected chi connectivity index (χ2v) is 6.79. The number of carbonyl (C=O) groups is 1. The molecule has 0 radical (unpaired) electrons. The van der Waals surface area contributed by atoms with Gasteiger partial charge in [0, 0.05) is 18.6 Å². The zero-order valence-corrected chi connectivity index (χ0v) is 14.7. The number of alkyl carbamates (subject to hydrolysis) is 1. The van der Waals surface area contributed by atoms with Gasteiger partial charge in [-0.25, -0.2) is 4.79 Å². The number of aryl methyl sites for hydroxylation is 1. The zero-order valence-electron chi connectivity index (χ0n) is 14.7. The third-order valence-electron chi connectivity index (χ3n) is 3.45. The number of hydrogen-bond acceptors (Lipinski definition) is 3. The number of nitrogens with one attached hydrogen (secondary N) is 2. The maximum Gasteiger partial charge on any atom is 0.407 e. The molecule has 22 heavy (non-hydrogen) atoms. The molecule has 0 spiro atoms. The SMILES string of the molecule is CCC(CNC(=O)OC(C)(C)C)NC(C)c1ccc(C)cc1. The van der Waals surface area contributed by atoms with Crippen LogP contribution in [0.5, 0.6) is 0 Å². The highest BCUT2D eigenvalue weighted by Gasteiger charge is 2.18. The molecule has 0 saturated carbocycles. The van der Waals surface area contributed by atoms with E-state index in [2.05, 4.69) is 55.7 Å². The Kier molecular flexibility index (Phi) is 6.88. The molecule has 0 fully saturated rings. The first kappa shape index (κ1) is 18.5. The molecule has 2 unspecified atom stereocenters. The minimum Gasteiger partial charge on any atom is -0.444 e. The minimum absolute atomic E-state index is 0.212. The molecule has 0 heterocycles. The van der Waals surface area contributed by atoms with Gasteiger partial charge >= 0.3 is 6.09 Å². The third kappa shape index (κ3) is 6.94. The fourth-order valence-corrected chi connectivity index (χ4v) is 2.15. The third-order valence-corrected chi connectivity index (χ3v) is 3.45. The summed E-state index contributed by atoms with van der Waals surface area (Å²) in [7, 11) is 0. The lowest BCUT2D eigenvalue weighted by Gasteiger charge is -2.24. The fraction of sp³-hybridized carbons (Fsp3) is 0.611. The molecule has 1 aromatic carbocycles. The van der Waals surface area contributed by atoms with Crippen LogP contribution in [0.1, 0.15) is 58.2 Å². The summed E-state index contributed by atoms with van der Waals surface area (Å²) in [5, 5.41) is 6.38. The first-order valence-electron chi connectivity index (χ1n) is 8.00. The summed E-state index contributed by atoms with van der Waals surface area (Å²) >= 11 is 0. The molecule has 0 aliphatic carbocycles. The average molecular weight is 306 g/mol. The van der Waals surface area contributed by atoms with Gasteiger partial charge in [-0.3, -0.25) is 0 Å². The summed E-state index contributed by atoms with van der Waals surface area (Å²) in [6, 6.07) is 8.97. The van der Waals surface area contributed by atoms with Gasteiger partial charge < -0.3 is 15.4 Å². The first-order valence-corrected chi connectivity index (χ1v) is 8.00. The average Bonchev–Trinajstić information content (AvgIpc) is 2.42. The van der Waals surface area contributed by atoms with Crippen LogP contribution in [0.3, 0.4) is 0 Å². The van der Waals surface area contributed by atoms with E-state index in [1.54, 1.807) is 0 Å². The molecular formula is C18H30N2O2. The molecule has 0 aliphatic rings. The van der Waals surface area contributed by atoms with Crippen molar-refractivity contribution < 1.29 is 9.53 Å². The first-order chi connectivity index (χ1) is 10.2. The molecule has 0 aliphatic heterocycles. The summed E-state index contributed by atoms with van der Waals surface area (Å²) < 4.78 is 5.26. The van der Waals surface area contributed by atoms with E-state index in [0.717, 1.165) is 6.42 Å². The van der Waals surface area contributed by atoms with Crippen molar-refractivity contribution in [3.63, 3.8) is 0 Å². The van der Waals surface area contributed by atoms with Gasteiger partial charge in [-0.05, 0) is 46.6 Å². The summed E-state index contributed by atoms with van der Waals surface area (Å²) in [4.78, 5) is 11.7. The summed E-state index contributed by atoms with van der Waals surface area (Å²) in [6.45, 7) is 12.5. The number of carbonyl (C=O) groups excluding carboxylic acids is 1. The summed E-state index contributed by atoms with van der Waals surface area (Å²) in [5.41, 5.74) is 2.05. The maximum atomic E-state index is 11.7. The Morgan fingerprint density at radius 3 is 2.32 bits per heavy atom. The molecule has 2 atom stereocenters. The Hall–Kier alpha value is -1.55. The molecule has 0 saturated heterocycles. The van der Waals surface area contributed by atoms with E-state index < -0.39 is 5.60 Å². The highest BCUT2D eigenvalue weighted by Crippen LogP contribution is 2.14. The maximum absolute atomic E-state index is 11.7. The summed E-state index contributed by atoms with van der Waals surface area (Å²) in [6.07, 6.45) is 0.571. The molecule has 2 N–H and O–H groups in total. The Balaban J connectivity index is 2.47. The van der Waals surface area contributed by atoms with Crippen LogP contribution in [-0.4, -0.2) is 24.3 Å². The van der Waals surface area contributed by atoms with E-state index in [4.69, 9.17) is 4.74 Å². The minimum atomic E-state index is -0.464. The van der Waals surface area contributed by atoms with Crippen LogP contribution in [0, 0.1) is 6.92 Å². The highest BCUT2D eigenvalue weighted by molar-refractivity contribution is 5.67. The van der Waals surface area contributed by atoms with Gasteiger partial charge in [0.25, 0.3) is 0 Å². The van der Waals surface area contributed by atoms with E-state index in [-0.39, 0.29) is 18.2 Å². The van der Waals surface area contributed by atoms with Crippen molar-refractivity contribution in [2.24, 2.45) is 0 Å². The molecule has 1 amide bonds. The van der Waals surface area contributed by atoms with Crippen LogP contribution < -0.4 is 10.6 Å². The molecule has 124 valence electrons. The van der Waals surface area contributed by atoms with Crippen molar-refractivity contribution in [3.8, 4) is 0 Å². The predicted molar refractivity (Wildman–Crippen MR) is 91.0 cm³/mol. The lowest BCUT2D eigenvalue weighted by Crippen LogP contribution is -2.43. The second-order valence-electron chi connectivity index (χ2n) is 6.79. The Morgan fingerprint density at radius 1 is 1.23 bits per heavy atom. The molecule has 1 rings (SSSR count). The van der Waals surface area contributed by atoms with E-state index in [9.17, 15) is 4.79 Å². The standard InChI is InChI=1S/C18H30N2O2/c1-7-16(12-19-17(21)22-18(4,5)6)20-14(3)15-10-8-13(2)9-11-15/h8-11,14,16,20H,7,12H2,1-6H3,(H,19,21). The van der Waals surface area contributed by atoms with Crippen LogP contribution in [0.25, 0.3) is 0 Å². The zero-order chi connectivity index (χ0) is 16.8.